The molecule has 6 heterocycles. The number of unbranched alkanes of at least 4 members (excludes halogenated alkanes) is 3. The fourth-order valence-electron chi connectivity index (χ4n) is 10.1. The van der Waals surface area contributed by atoms with Gasteiger partial charge in [0.15, 0.2) is 0 Å². The third kappa shape index (κ3) is 23.9. The van der Waals surface area contributed by atoms with E-state index in [9.17, 15) is 24.0 Å². The number of ether oxygens (including phenoxy) is 1. The van der Waals surface area contributed by atoms with E-state index in [0.29, 0.717) is 42.9 Å². The number of aromatic nitrogens is 3. The van der Waals surface area contributed by atoms with Crippen molar-refractivity contribution in [2.45, 2.75) is 64.9 Å². The third-order valence-electron chi connectivity index (χ3n) is 15.0. The number of hydrogen-bond acceptors (Lipinski definition) is 18. The summed E-state index contributed by atoms with van der Waals surface area (Å²) in [6.45, 7) is 20.3. The molecule has 0 radical (unpaired) electrons. The summed E-state index contributed by atoms with van der Waals surface area (Å²) in [6, 6.07) is 29.6. The van der Waals surface area contributed by atoms with Crippen LogP contribution in [0.1, 0.15) is 80.0 Å². The molecule has 0 bridgehead atoms. The van der Waals surface area contributed by atoms with Gasteiger partial charge in [-0.2, -0.15) is 10.5 Å². The Morgan fingerprint density at radius 3 is 1.23 bits per heavy atom. The first-order chi connectivity index (χ1) is 44.3. The normalized spacial score (nSPS) is 14.9. The van der Waals surface area contributed by atoms with Gasteiger partial charge in [-0.1, -0.05) is 36.4 Å². The zero-order chi connectivity index (χ0) is 64.5. The van der Waals surface area contributed by atoms with Crippen LogP contribution in [0, 0.1) is 22.9 Å². The number of hydrogen-bond donors (Lipinski definition) is 6. The average Bonchev–Trinajstić information content (AvgIpc) is 0.869. The number of nitrogens with zero attached hydrogens (tertiary/aromatic N) is 13. The highest BCUT2D eigenvalue weighted by Gasteiger charge is 2.27. The van der Waals surface area contributed by atoms with E-state index in [1.165, 1.54) is 0 Å². The van der Waals surface area contributed by atoms with Gasteiger partial charge in [0.05, 0.1) is 0 Å². The maximum Gasteiger partial charge on any atom is 0.410 e. The van der Waals surface area contributed by atoms with E-state index in [2.05, 4.69) is 71.5 Å². The Kier molecular flexibility index (Phi) is 28.1. The molecule has 3 aromatic carbocycles. The predicted molar refractivity (Wildman–Crippen MR) is 355 cm³/mol. The first-order valence-electron chi connectivity index (χ1n) is 31.1. The van der Waals surface area contributed by atoms with Crippen molar-refractivity contribution in [3.8, 4) is 12.4 Å². The second-order valence-corrected chi connectivity index (χ2v) is 22.8. The molecule has 0 unspecified atom stereocenters. The van der Waals surface area contributed by atoms with Gasteiger partial charge in [-0.05, 0) is 140 Å². The fourth-order valence-corrected chi connectivity index (χ4v) is 10.1. The van der Waals surface area contributed by atoms with Crippen LogP contribution in [0.3, 0.4) is 0 Å². The number of piperazine rings is 3. The highest BCUT2D eigenvalue weighted by Crippen LogP contribution is 2.21. The number of carbonyl (C=O) groups excluding carboxylic acids is 3. The molecule has 3 aliphatic heterocycles. The van der Waals surface area contributed by atoms with Crippen molar-refractivity contribution in [2.24, 2.45) is 9.98 Å². The van der Waals surface area contributed by atoms with Gasteiger partial charge in [-0.25, -0.2) is 4.79 Å². The monoisotopic (exact) mass is 1240 g/mol. The minimum atomic E-state index is -0.493. The van der Waals surface area contributed by atoms with Gasteiger partial charge < -0.3 is 51.3 Å². The standard InChI is InChI=1S/C24H27N5O3.C22H27N7O.C20H31N7O2/c30-22-20(21(23(22)31)27-19-8-11-25-12-9-19)26-10-4-5-13-28-14-16-29(17-15-28)24(32)18-6-2-1-3-7-18;23-18-26-22(27-20-8-11-24-12-9-20)25-10-4-5-13-28-14-16-29(17-15-28)21(30)19-6-2-1-3-7-19;1-20(2,3)29-19(28)27-14-12-26(13-15-27)11-5-4-8-23-18(24-16-21)25-17-6-9-22-10-7-17/h1-3,6-9,11-12,26H,4-5,10,13-17H2,(H,25,27);1-3,6-9,11-12H,4-5,10,13-17H2,(H2,24,25,26,27);6-7,9-10H,4-5,8,11-15H2,1-3H3,(H2,22,23,24,25). The first kappa shape index (κ1) is 68.7. The number of rotatable bonds is 22. The van der Waals surface area contributed by atoms with Gasteiger partial charge in [0.25, 0.3) is 22.7 Å². The van der Waals surface area contributed by atoms with E-state index in [1.54, 1.807) is 60.4 Å². The highest BCUT2D eigenvalue weighted by molar-refractivity contribution is 5.96. The predicted octanol–water partition coefficient (Wildman–Crippen LogP) is 6.48. The van der Waals surface area contributed by atoms with Gasteiger partial charge in [0.2, 0.25) is 24.3 Å². The van der Waals surface area contributed by atoms with E-state index in [1.807, 2.05) is 122 Å². The lowest BCUT2D eigenvalue weighted by atomic mass is 10.1. The molecule has 9 rings (SSSR count). The smallest absolute Gasteiger partial charge is 0.410 e. The molecule has 25 nitrogen and oxygen atoms in total. The van der Waals surface area contributed by atoms with E-state index in [0.717, 1.165) is 165 Å². The number of nitrogens with one attached hydrogen (secondary N) is 6. The van der Waals surface area contributed by atoms with Crippen LogP contribution in [-0.2, 0) is 4.74 Å². The first-order valence-corrected chi connectivity index (χ1v) is 31.1. The summed E-state index contributed by atoms with van der Waals surface area (Å²) in [5.74, 6) is 1.09. The van der Waals surface area contributed by atoms with Crippen LogP contribution in [0.2, 0.25) is 0 Å². The average molecular weight is 1240 g/mol. The molecular weight excluding hydrogens is 1150 g/mol. The fraction of sp³-hybridized carbons (Fsp3) is 0.424. The molecule has 3 amide bonds. The van der Waals surface area contributed by atoms with Crippen LogP contribution < -0.4 is 42.8 Å². The maximum absolute atomic E-state index is 12.5. The Balaban J connectivity index is 0.000000194. The third-order valence-corrected chi connectivity index (χ3v) is 15.0. The van der Waals surface area contributed by atoms with Gasteiger partial charge in [-0.3, -0.25) is 48.8 Å². The Bertz CT molecular complexity index is 3370. The Hall–Kier alpha value is -9.82. The molecule has 6 N–H and O–H groups in total. The largest absolute Gasteiger partial charge is 0.444 e. The molecule has 0 saturated carbocycles. The van der Waals surface area contributed by atoms with Crippen LogP contribution in [-0.4, -0.2) is 198 Å². The molecular formula is C66H85N19O6. The van der Waals surface area contributed by atoms with Crippen molar-refractivity contribution in [3.05, 3.63) is 166 Å². The molecule has 25 heteroatoms. The van der Waals surface area contributed by atoms with Crippen LogP contribution >= 0.6 is 0 Å². The molecule has 3 aliphatic rings. The number of pyridine rings is 3. The lowest BCUT2D eigenvalue weighted by molar-refractivity contribution is 0.0144. The molecule has 3 saturated heterocycles. The molecule has 3 fully saturated rings. The van der Waals surface area contributed by atoms with Gasteiger partial charge >= 0.3 is 6.09 Å². The zero-order valence-electron chi connectivity index (χ0n) is 52.4. The van der Waals surface area contributed by atoms with Crippen molar-refractivity contribution in [3.63, 3.8) is 0 Å². The number of carbonyl (C=O) groups is 3. The molecule has 0 aliphatic carbocycles. The summed E-state index contributed by atoms with van der Waals surface area (Å²) >= 11 is 0. The second kappa shape index (κ2) is 37.2. The summed E-state index contributed by atoms with van der Waals surface area (Å²) in [4.78, 5) is 93.1. The molecule has 0 spiro atoms. The van der Waals surface area contributed by atoms with Crippen molar-refractivity contribution < 1.29 is 19.1 Å². The van der Waals surface area contributed by atoms with Crippen molar-refractivity contribution in [1.29, 1.82) is 10.5 Å². The van der Waals surface area contributed by atoms with Crippen LogP contribution in [0.25, 0.3) is 0 Å². The molecule has 3 aromatic heterocycles. The number of aliphatic imine (C=N–C) groups is 2. The number of benzene rings is 2. The lowest BCUT2D eigenvalue weighted by Gasteiger charge is -2.35. The van der Waals surface area contributed by atoms with Crippen molar-refractivity contribution in [2.75, 3.05) is 139 Å². The van der Waals surface area contributed by atoms with Crippen molar-refractivity contribution >= 4 is 58.3 Å². The number of anilines is 5. The van der Waals surface area contributed by atoms with Crippen molar-refractivity contribution in [1.82, 2.24) is 55.0 Å². The summed E-state index contributed by atoms with van der Waals surface area (Å²) in [6.07, 6.45) is 19.2. The number of guanidine groups is 2. The number of amides is 3. The van der Waals surface area contributed by atoms with Gasteiger partial charge in [-0.15, -0.1) is 9.98 Å². The highest BCUT2D eigenvalue weighted by atomic mass is 16.6. The Morgan fingerprint density at radius 2 is 0.846 bits per heavy atom. The summed E-state index contributed by atoms with van der Waals surface area (Å²) in [5.41, 5.74) is 3.13. The quantitative estimate of drug-likeness (QED) is 0.0139. The second-order valence-electron chi connectivity index (χ2n) is 22.8. The summed E-state index contributed by atoms with van der Waals surface area (Å²) in [5, 5.41) is 36.3. The SMILES string of the molecule is CC(C)(C)OC(=O)N1CCN(CCCCN/C(=N\C#N)Nc2ccncc2)CC1.N#C/N=C(\NCCCCN1CCN(C(=O)c2ccccc2)CC1)Nc1ccncc1.O=C(c1ccccc1)N1CCN(CCCCNc2c(Nc3ccncc3)c(=O)c2=O)CC1. The maximum atomic E-state index is 12.5. The topological polar surface area (TPSA) is 297 Å². The zero-order valence-corrected chi connectivity index (χ0v) is 52.4. The van der Waals surface area contributed by atoms with E-state index >= 15 is 0 Å². The molecule has 480 valence electrons. The molecule has 0 atom stereocenters. The van der Waals surface area contributed by atoms with Crippen LogP contribution in [0.5, 0.6) is 0 Å². The summed E-state index contributed by atoms with van der Waals surface area (Å²) < 4.78 is 5.43. The molecule has 6 aromatic rings. The van der Waals surface area contributed by atoms with E-state index < -0.39 is 16.5 Å². The van der Waals surface area contributed by atoms with Gasteiger partial charge in [0, 0.05) is 164 Å². The van der Waals surface area contributed by atoms with Gasteiger partial charge in [0.1, 0.15) is 17.0 Å². The van der Waals surface area contributed by atoms with Crippen LogP contribution in [0.4, 0.5) is 33.2 Å². The minimum Gasteiger partial charge on any atom is -0.444 e. The van der Waals surface area contributed by atoms with Crippen LogP contribution in [0.15, 0.2) is 154 Å². The Labute approximate surface area is 532 Å². The van der Waals surface area contributed by atoms with E-state index in [-0.39, 0.29) is 17.9 Å². The Morgan fingerprint density at radius 1 is 0.484 bits per heavy atom. The summed E-state index contributed by atoms with van der Waals surface area (Å²) in [7, 11) is 0. The van der Waals surface area contributed by atoms with E-state index in [4.69, 9.17) is 15.3 Å². The number of nitriles is 2. The lowest BCUT2D eigenvalue weighted by Crippen LogP contribution is -2.50. The molecule has 91 heavy (non-hydrogen) atoms. The minimum absolute atomic E-state index is 0.0959.